The average molecular weight is 443 g/mol. The van der Waals surface area contributed by atoms with Crippen LogP contribution in [0.1, 0.15) is 49.7 Å². The number of aliphatic carboxylic acids is 2. The predicted octanol–water partition coefficient (Wildman–Crippen LogP) is 2.06. The van der Waals surface area contributed by atoms with Crippen LogP contribution in [0.15, 0.2) is 24.3 Å². The highest BCUT2D eigenvalue weighted by molar-refractivity contribution is 5.88. The Labute approximate surface area is 186 Å². The van der Waals surface area contributed by atoms with Crippen LogP contribution in [0.3, 0.4) is 0 Å². The molecule has 0 amide bonds. The normalized spacial score (nSPS) is 34.1. The highest BCUT2D eigenvalue weighted by Gasteiger charge is 2.71. The van der Waals surface area contributed by atoms with E-state index in [9.17, 15) is 19.8 Å². The maximum absolute atomic E-state index is 12.1. The number of aliphatic hydroxyl groups is 1. The summed E-state index contributed by atoms with van der Waals surface area (Å²) in [5, 5.41) is 37.9. The third-order valence-corrected chi connectivity index (χ3v) is 8.01. The lowest BCUT2D eigenvalue weighted by Gasteiger charge is -2.63. The molecule has 3 fully saturated rings. The third-order valence-electron chi connectivity index (χ3n) is 8.01. The van der Waals surface area contributed by atoms with E-state index < -0.39 is 29.4 Å². The monoisotopic (exact) mass is 443 g/mol. The van der Waals surface area contributed by atoms with E-state index in [0.717, 1.165) is 55.8 Å². The van der Waals surface area contributed by atoms with Crippen molar-refractivity contribution < 1.29 is 34.8 Å². The van der Waals surface area contributed by atoms with Gasteiger partial charge in [-0.3, -0.25) is 14.5 Å². The molecule has 172 valence electrons. The van der Waals surface area contributed by atoms with E-state index in [4.69, 9.17) is 14.9 Å². The first-order valence-corrected chi connectivity index (χ1v) is 11.3. The van der Waals surface area contributed by atoms with E-state index in [-0.39, 0.29) is 17.9 Å². The van der Waals surface area contributed by atoms with Gasteiger partial charge in [-0.05, 0) is 68.2 Å². The number of ether oxygens (including phenoxy) is 1. The second-order valence-corrected chi connectivity index (χ2v) is 9.87. The summed E-state index contributed by atoms with van der Waals surface area (Å²) in [4.78, 5) is 21.4. The molecule has 4 atom stereocenters. The molecule has 1 aromatic rings. The number of carboxylic acid groups (broad SMARTS) is 2. The predicted molar refractivity (Wildman–Crippen MR) is 114 cm³/mol. The van der Waals surface area contributed by atoms with Crippen LogP contribution in [0.4, 0.5) is 0 Å². The molecule has 1 saturated heterocycles. The van der Waals surface area contributed by atoms with Gasteiger partial charge in [-0.25, -0.2) is 0 Å². The Kier molecular flexibility index (Phi) is 4.80. The Morgan fingerprint density at radius 2 is 1.91 bits per heavy atom. The molecule has 0 unspecified atom stereocenters. The van der Waals surface area contributed by atoms with Gasteiger partial charge in [0.1, 0.15) is 12.5 Å². The fourth-order valence-electron chi connectivity index (χ4n) is 6.52. The summed E-state index contributed by atoms with van der Waals surface area (Å²) in [7, 11) is 0. The standard InChI is InChI=1S/C21H25NO3.C3H4O4/c1-12-6-7-21(24)16-10-14-4-5-15(23)18-17(14)20(21,19(12)25-18)8-9-22(16)11-13-2-3-13;4-2(5)1-3(6)7/h4-5,13,16,19,23-24H,1-3,6-11H2;1H2,(H,4,5)(H,6,7)/t16-,19+,20+,21-;/m1./s1. The van der Waals surface area contributed by atoms with Crippen molar-refractivity contribution in [2.45, 2.75) is 68.1 Å². The van der Waals surface area contributed by atoms with Crippen molar-refractivity contribution in [3.05, 3.63) is 35.4 Å². The Bertz CT molecular complexity index is 990. The van der Waals surface area contributed by atoms with Crippen LogP contribution in [0.2, 0.25) is 0 Å². The van der Waals surface area contributed by atoms with Crippen LogP contribution in [0.5, 0.6) is 11.5 Å². The van der Waals surface area contributed by atoms with Gasteiger partial charge >= 0.3 is 11.9 Å². The zero-order valence-corrected chi connectivity index (χ0v) is 17.9. The topological polar surface area (TPSA) is 128 Å². The lowest BCUT2D eigenvalue weighted by molar-refractivity contribution is -0.174. The van der Waals surface area contributed by atoms with Crippen molar-refractivity contribution in [2.75, 3.05) is 13.1 Å². The lowest BCUT2D eigenvalue weighted by atomic mass is 9.48. The molecule has 8 heteroatoms. The zero-order chi connectivity index (χ0) is 22.8. The van der Waals surface area contributed by atoms with Crippen LogP contribution in [-0.2, 0) is 21.4 Å². The summed E-state index contributed by atoms with van der Waals surface area (Å²) in [5.41, 5.74) is 2.21. The number of phenolic OH excluding ortho intramolecular Hbond substituents is 1. The average Bonchev–Trinajstić information content (AvgIpc) is 3.45. The first-order chi connectivity index (χ1) is 15.2. The fourth-order valence-corrected chi connectivity index (χ4v) is 6.52. The SMILES string of the molecule is C=C1CC[C@@]2(O)[C@H]3Cc4ccc(O)c5c4[C@@]2(CCN3CC2CC2)[C@H]1O5.O=C(O)CC(=O)O. The van der Waals surface area contributed by atoms with Crippen LogP contribution in [0.25, 0.3) is 0 Å². The number of aromatic hydroxyl groups is 1. The number of phenols is 1. The summed E-state index contributed by atoms with van der Waals surface area (Å²) in [6, 6.07) is 3.96. The zero-order valence-electron chi connectivity index (χ0n) is 17.9. The Morgan fingerprint density at radius 3 is 2.53 bits per heavy atom. The maximum atomic E-state index is 12.1. The summed E-state index contributed by atoms with van der Waals surface area (Å²) in [6.07, 6.45) is 4.98. The van der Waals surface area contributed by atoms with Gasteiger partial charge < -0.3 is 25.2 Å². The van der Waals surface area contributed by atoms with Gasteiger partial charge in [-0.2, -0.15) is 0 Å². The molecule has 4 N–H and O–H groups in total. The molecule has 0 aromatic heterocycles. The third kappa shape index (κ3) is 2.96. The van der Waals surface area contributed by atoms with Crippen molar-refractivity contribution in [3.8, 4) is 11.5 Å². The van der Waals surface area contributed by atoms with E-state index >= 15 is 0 Å². The molecule has 5 aliphatic rings. The van der Waals surface area contributed by atoms with Gasteiger partial charge in [-0.15, -0.1) is 0 Å². The molecule has 2 heterocycles. The molecule has 2 aliphatic heterocycles. The molecule has 0 radical (unpaired) electrons. The summed E-state index contributed by atoms with van der Waals surface area (Å²) in [6.45, 7) is 6.40. The van der Waals surface area contributed by atoms with Crippen molar-refractivity contribution in [2.24, 2.45) is 5.92 Å². The van der Waals surface area contributed by atoms with Gasteiger partial charge in [0.15, 0.2) is 11.5 Å². The minimum atomic E-state index is -1.31. The second kappa shape index (κ2) is 7.22. The first kappa shape index (κ1) is 21.3. The van der Waals surface area contributed by atoms with Crippen LogP contribution < -0.4 is 4.74 Å². The maximum Gasteiger partial charge on any atom is 0.314 e. The number of carbonyl (C=O) groups is 2. The number of piperidine rings is 1. The van der Waals surface area contributed by atoms with Crippen molar-refractivity contribution >= 4 is 11.9 Å². The Balaban J connectivity index is 0.000000272. The van der Waals surface area contributed by atoms with E-state index in [0.29, 0.717) is 5.75 Å². The number of hydrogen-bond acceptors (Lipinski definition) is 6. The van der Waals surface area contributed by atoms with E-state index in [1.165, 1.54) is 18.4 Å². The molecule has 2 saturated carbocycles. The fraction of sp³-hybridized carbons (Fsp3) is 0.583. The Hall–Kier alpha value is -2.58. The smallest absolute Gasteiger partial charge is 0.314 e. The van der Waals surface area contributed by atoms with Crippen LogP contribution in [-0.4, -0.2) is 68.1 Å². The molecule has 1 aromatic carbocycles. The molecule has 32 heavy (non-hydrogen) atoms. The largest absolute Gasteiger partial charge is 0.504 e. The van der Waals surface area contributed by atoms with Crippen molar-refractivity contribution in [1.29, 1.82) is 0 Å². The minimum Gasteiger partial charge on any atom is -0.504 e. The molecule has 3 aliphatic carbocycles. The van der Waals surface area contributed by atoms with Gasteiger partial charge in [-0.1, -0.05) is 12.6 Å². The first-order valence-electron chi connectivity index (χ1n) is 11.3. The molecule has 1 spiro atoms. The van der Waals surface area contributed by atoms with Gasteiger partial charge in [0, 0.05) is 18.2 Å². The Morgan fingerprint density at radius 1 is 1.19 bits per heavy atom. The summed E-state index contributed by atoms with van der Waals surface area (Å²) in [5.74, 6) is -0.988. The molecule has 6 rings (SSSR count). The summed E-state index contributed by atoms with van der Waals surface area (Å²) < 4.78 is 6.29. The van der Waals surface area contributed by atoms with E-state index in [1.54, 1.807) is 6.07 Å². The molecule has 8 nitrogen and oxygen atoms in total. The lowest BCUT2D eigenvalue weighted by Crippen LogP contribution is -2.75. The number of carboxylic acids is 2. The van der Waals surface area contributed by atoms with Crippen molar-refractivity contribution in [1.82, 2.24) is 4.90 Å². The van der Waals surface area contributed by atoms with E-state index in [2.05, 4.69) is 11.5 Å². The molecular formula is C24H29NO7. The van der Waals surface area contributed by atoms with Crippen LogP contribution in [0, 0.1) is 5.92 Å². The van der Waals surface area contributed by atoms with E-state index in [1.807, 2.05) is 6.07 Å². The molecule has 2 bridgehead atoms. The summed E-state index contributed by atoms with van der Waals surface area (Å²) >= 11 is 0. The quantitative estimate of drug-likeness (QED) is 0.411. The highest BCUT2D eigenvalue weighted by Crippen LogP contribution is 2.66. The van der Waals surface area contributed by atoms with Gasteiger partial charge in [0.2, 0.25) is 0 Å². The molecular weight excluding hydrogens is 414 g/mol. The number of rotatable bonds is 4. The number of hydrogen-bond donors (Lipinski definition) is 4. The van der Waals surface area contributed by atoms with Crippen LogP contribution >= 0.6 is 0 Å². The number of benzene rings is 1. The highest BCUT2D eigenvalue weighted by atomic mass is 16.5. The van der Waals surface area contributed by atoms with Gasteiger partial charge in [0.25, 0.3) is 0 Å². The minimum absolute atomic E-state index is 0.157. The number of likely N-dealkylation sites (tertiary alicyclic amines) is 1. The number of nitrogens with zero attached hydrogens (tertiary/aromatic N) is 1. The van der Waals surface area contributed by atoms with Crippen molar-refractivity contribution in [3.63, 3.8) is 0 Å². The second-order valence-electron chi connectivity index (χ2n) is 9.87. The van der Waals surface area contributed by atoms with Gasteiger partial charge in [0.05, 0.1) is 11.0 Å².